The first-order chi connectivity index (χ1) is 11.6. The van der Waals surface area contributed by atoms with Crippen molar-refractivity contribution in [3.05, 3.63) is 42.2 Å². The molecule has 0 spiro atoms. The average molecular weight is 323 g/mol. The summed E-state index contributed by atoms with van der Waals surface area (Å²) in [5.41, 5.74) is 2.21. The van der Waals surface area contributed by atoms with Gasteiger partial charge < -0.3 is 15.5 Å². The number of nitrogens with one attached hydrogen (secondary N) is 1. The number of nitrogens with zero attached hydrogens (tertiary/aromatic N) is 4. The minimum Gasteiger partial charge on any atom is -0.504 e. The van der Waals surface area contributed by atoms with Gasteiger partial charge in [-0.05, 0) is 30.3 Å². The summed E-state index contributed by atoms with van der Waals surface area (Å²) in [7, 11) is 0. The van der Waals surface area contributed by atoms with Crippen molar-refractivity contribution >= 4 is 5.91 Å². The second kappa shape index (κ2) is 5.34. The van der Waals surface area contributed by atoms with E-state index in [-0.39, 0.29) is 17.4 Å². The average Bonchev–Trinajstić information content (AvgIpc) is 3.03. The number of benzene rings is 1. The number of fused-ring (bicyclic) bond motifs is 1. The Morgan fingerprint density at radius 1 is 1.08 bits per heavy atom. The SMILES string of the molecule is O=C1NCCn2nc(-c3ccnc(-c4ccc(O)c(O)c4)n3)cc21. The van der Waals surface area contributed by atoms with Crippen LogP contribution in [0.25, 0.3) is 22.8 Å². The highest BCUT2D eigenvalue weighted by atomic mass is 16.3. The summed E-state index contributed by atoms with van der Waals surface area (Å²) >= 11 is 0. The van der Waals surface area contributed by atoms with Gasteiger partial charge in [0.05, 0.1) is 12.2 Å². The van der Waals surface area contributed by atoms with E-state index in [2.05, 4.69) is 20.4 Å². The zero-order valence-electron chi connectivity index (χ0n) is 12.5. The summed E-state index contributed by atoms with van der Waals surface area (Å²) in [5, 5.41) is 26.2. The minimum absolute atomic E-state index is 0.155. The smallest absolute Gasteiger partial charge is 0.269 e. The molecule has 0 saturated carbocycles. The molecule has 3 aromatic rings. The maximum absolute atomic E-state index is 11.8. The first-order valence-corrected chi connectivity index (χ1v) is 7.33. The predicted octanol–water partition coefficient (Wildman–Crippen LogP) is 1.16. The number of carbonyl (C=O) groups is 1. The molecule has 1 aromatic carbocycles. The highest BCUT2D eigenvalue weighted by Gasteiger charge is 2.20. The summed E-state index contributed by atoms with van der Waals surface area (Å²) in [6, 6.07) is 7.77. The molecule has 0 unspecified atom stereocenters. The van der Waals surface area contributed by atoms with Gasteiger partial charge in [-0.15, -0.1) is 0 Å². The molecule has 0 radical (unpaired) electrons. The van der Waals surface area contributed by atoms with Gasteiger partial charge in [0, 0.05) is 18.3 Å². The van der Waals surface area contributed by atoms with Gasteiger partial charge in [0.25, 0.3) is 5.91 Å². The van der Waals surface area contributed by atoms with Gasteiger partial charge in [-0.3, -0.25) is 9.48 Å². The van der Waals surface area contributed by atoms with Crippen LogP contribution in [0, 0.1) is 0 Å². The molecular formula is C16H13N5O3. The quantitative estimate of drug-likeness (QED) is 0.610. The molecule has 1 amide bonds. The van der Waals surface area contributed by atoms with E-state index < -0.39 is 0 Å². The third kappa shape index (κ3) is 2.34. The lowest BCUT2D eigenvalue weighted by Crippen LogP contribution is -2.35. The normalized spacial score (nSPS) is 13.4. The molecule has 0 atom stereocenters. The van der Waals surface area contributed by atoms with E-state index in [0.717, 1.165) is 0 Å². The van der Waals surface area contributed by atoms with Crippen LogP contribution in [0.4, 0.5) is 0 Å². The number of aromatic nitrogens is 4. The van der Waals surface area contributed by atoms with E-state index >= 15 is 0 Å². The number of hydrogen-bond acceptors (Lipinski definition) is 6. The molecule has 0 bridgehead atoms. The monoisotopic (exact) mass is 323 g/mol. The van der Waals surface area contributed by atoms with E-state index in [9.17, 15) is 15.0 Å². The van der Waals surface area contributed by atoms with Crippen molar-refractivity contribution in [1.82, 2.24) is 25.1 Å². The summed E-state index contributed by atoms with van der Waals surface area (Å²) in [5.74, 6) is -0.214. The number of phenols is 2. The largest absolute Gasteiger partial charge is 0.504 e. The molecule has 0 saturated heterocycles. The third-order valence-electron chi connectivity index (χ3n) is 3.77. The Balaban J connectivity index is 1.75. The number of phenolic OH excluding ortho intramolecular Hbond substituents is 2. The molecular weight excluding hydrogens is 310 g/mol. The third-order valence-corrected chi connectivity index (χ3v) is 3.77. The van der Waals surface area contributed by atoms with Crippen molar-refractivity contribution in [2.24, 2.45) is 0 Å². The van der Waals surface area contributed by atoms with Crippen LogP contribution in [0.15, 0.2) is 36.5 Å². The Morgan fingerprint density at radius 3 is 2.75 bits per heavy atom. The molecule has 0 aliphatic carbocycles. The van der Waals surface area contributed by atoms with Gasteiger partial charge >= 0.3 is 0 Å². The van der Waals surface area contributed by atoms with Gasteiger partial charge in [-0.2, -0.15) is 5.10 Å². The Bertz CT molecular complexity index is 951. The highest BCUT2D eigenvalue weighted by Crippen LogP contribution is 2.29. The zero-order chi connectivity index (χ0) is 16.7. The molecule has 24 heavy (non-hydrogen) atoms. The van der Waals surface area contributed by atoms with Crippen LogP contribution < -0.4 is 5.32 Å². The summed E-state index contributed by atoms with van der Waals surface area (Å²) in [6.45, 7) is 1.17. The number of hydrogen-bond donors (Lipinski definition) is 3. The Hall–Kier alpha value is -3.42. The molecule has 1 aliphatic rings. The predicted molar refractivity (Wildman–Crippen MR) is 84.4 cm³/mol. The second-order valence-electron chi connectivity index (χ2n) is 5.36. The van der Waals surface area contributed by atoms with Crippen molar-refractivity contribution < 1.29 is 15.0 Å². The fourth-order valence-corrected chi connectivity index (χ4v) is 2.56. The van der Waals surface area contributed by atoms with Crippen molar-refractivity contribution in [3.63, 3.8) is 0 Å². The van der Waals surface area contributed by atoms with Gasteiger partial charge in [-0.25, -0.2) is 9.97 Å². The molecule has 120 valence electrons. The highest BCUT2D eigenvalue weighted by molar-refractivity contribution is 5.94. The number of amides is 1. The van der Waals surface area contributed by atoms with Crippen LogP contribution in [0.5, 0.6) is 11.5 Å². The van der Waals surface area contributed by atoms with Gasteiger partial charge in [0.1, 0.15) is 11.4 Å². The number of rotatable bonds is 2. The second-order valence-corrected chi connectivity index (χ2v) is 5.36. The molecule has 1 aliphatic heterocycles. The Morgan fingerprint density at radius 2 is 1.96 bits per heavy atom. The van der Waals surface area contributed by atoms with E-state index in [1.165, 1.54) is 12.1 Å². The molecule has 4 rings (SSSR count). The molecule has 0 fully saturated rings. The summed E-state index contributed by atoms with van der Waals surface area (Å²) < 4.78 is 1.66. The maximum Gasteiger partial charge on any atom is 0.269 e. The summed E-state index contributed by atoms with van der Waals surface area (Å²) in [6.07, 6.45) is 1.58. The molecule has 8 heteroatoms. The fraction of sp³-hybridized carbons (Fsp3) is 0.125. The van der Waals surface area contributed by atoms with Crippen LogP contribution in [0.2, 0.25) is 0 Å². The van der Waals surface area contributed by atoms with Crippen molar-refractivity contribution in [2.75, 3.05) is 6.54 Å². The standard InChI is InChI=1S/C16H13N5O3/c22-13-2-1-9(7-14(13)23)15-17-4-3-10(19-15)11-8-12-16(24)18-5-6-21(12)20-11/h1-4,7-8,22-23H,5-6H2,(H,18,24). The first kappa shape index (κ1) is 14.2. The van der Waals surface area contributed by atoms with Crippen molar-refractivity contribution in [1.29, 1.82) is 0 Å². The molecule has 8 nitrogen and oxygen atoms in total. The van der Waals surface area contributed by atoms with Gasteiger partial charge in [-0.1, -0.05) is 0 Å². The fourth-order valence-electron chi connectivity index (χ4n) is 2.56. The topological polar surface area (TPSA) is 113 Å². The van der Waals surface area contributed by atoms with Crippen LogP contribution in [0.3, 0.4) is 0 Å². The van der Waals surface area contributed by atoms with Crippen molar-refractivity contribution in [2.45, 2.75) is 6.54 Å². The summed E-state index contributed by atoms with van der Waals surface area (Å²) in [4.78, 5) is 20.5. The van der Waals surface area contributed by atoms with Crippen LogP contribution in [0.1, 0.15) is 10.5 Å². The van der Waals surface area contributed by atoms with Crippen LogP contribution in [-0.4, -0.2) is 42.4 Å². The molecule has 3 heterocycles. The Labute approximate surface area is 136 Å². The van der Waals surface area contributed by atoms with Crippen LogP contribution in [-0.2, 0) is 6.54 Å². The number of aromatic hydroxyl groups is 2. The maximum atomic E-state index is 11.8. The Kier molecular flexibility index (Phi) is 3.16. The lowest BCUT2D eigenvalue weighted by molar-refractivity contribution is 0.0924. The number of carbonyl (C=O) groups excluding carboxylic acids is 1. The van der Waals surface area contributed by atoms with Crippen LogP contribution >= 0.6 is 0 Å². The van der Waals surface area contributed by atoms with Crippen molar-refractivity contribution in [3.8, 4) is 34.3 Å². The van der Waals surface area contributed by atoms with E-state index in [1.807, 2.05) is 0 Å². The van der Waals surface area contributed by atoms with Gasteiger partial charge in [0.15, 0.2) is 17.3 Å². The minimum atomic E-state index is -0.240. The lowest BCUT2D eigenvalue weighted by Gasteiger charge is -2.13. The lowest BCUT2D eigenvalue weighted by atomic mass is 10.2. The van der Waals surface area contributed by atoms with Gasteiger partial charge in [0.2, 0.25) is 0 Å². The first-order valence-electron chi connectivity index (χ1n) is 7.33. The molecule has 2 aromatic heterocycles. The van der Waals surface area contributed by atoms with E-state index in [1.54, 1.807) is 29.1 Å². The van der Waals surface area contributed by atoms with E-state index in [0.29, 0.717) is 41.6 Å². The molecule has 3 N–H and O–H groups in total. The van der Waals surface area contributed by atoms with E-state index in [4.69, 9.17) is 0 Å². The zero-order valence-corrected chi connectivity index (χ0v) is 12.5.